The van der Waals surface area contributed by atoms with Gasteiger partial charge in [-0.25, -0.2) is 8.42 Å². The second-order valence-electron chi connectivity index (χ2n) is 4.27. The molecule has 0 radical (unpaired) electrons. The van der Waals surface area contributed by atoms with Crippen molar-refractivity contribution in [1.29, 1.82) is 0 Å². The summed E-state index contributed by atoms with van der Waals surface area (Å²) in [4.78, 5) is 0. The molecule has 1 heterocycles. The van der Waals surface area contributed by atoms with Crippen LogP contribution in [-0.4, -0.2) is 37.2 Å². The van der Waals surface area contributed by atoms with E-state index >= 15 is 0 Å². The SMILES string of the molecule is NCc1ccc(OC2CS(=O)(=O)CC2O)c(Br)c1. The number of sulfone groups is 1. The highest BCUT2D eigenvalue weighted by Gasteiger charge is 2.38. The first-order valence-corrected chi connectivity index (χ1v) is 8.06. The summed E-state index contributed by atoms with van der Waals surface area (Å²) in [5.41, 5.74) is 6.45. The van der Waals surface area contributed by atoms with Crippen LogP contribution in [0.3, 0.4) is 0 Å². The minimum atomic E-state index is -3.20. The summed E-state index contributed by atoms with van der Waals surface area (Å²) >= 11 is 3.33. The van der Waals surface area contributed by atoms with E-state index in [0.29, 0.717) is 16.8 Å². The molecule has 18 heavy (non-hydrogen) atoms. The van der Waals surface area contributed by atoms with Crippen LogP contribution in [0.2, 0.25) is 0 Å². The van der Waals surface area contributed by atoms with E-state index in [4.69, 9.17) is 10.5 Å². The molecule has 1 aliphatic rings. The van der Waals surface area contributed by atoms with Gasteiger partial charge in [-0.2, -0.15) is 0 Å². The lowest BCUT2D eigenvalue weighted by atomic mass is 10.2. The van der Waals surface area contributed by atoms with Gasteiger partial charge in [0, 0.05) is 6.54 Å². The Balaban J connectivity index is 2.15. The highest BCUT2D eigenvalue weighted by atomic mass is 79.9. The number of halogens is 1. The molecular formula is C11H14BrNO4S. The van der Waals surface area contributed by atoms with E-state index in [-0.39, 0.29) is 11.5 Å². The van der Waals surface area contributed by atoms with Crippen LogP contribution in [0.5, 0.6) is 5.75 Å². The zero-order chi connectivity index (χ0) is 13.3. The topological polar surface area (TPSA) is 89.6 Å². The Kier molecular flexibility index (Phi) is 3.96. The van der Waals surface area contributed by atoms with Gasteiger partial charge < -0.3 is 15.6 Å². The molecule has 2 unspecified atom stereocenters. The molecule has 0 saturated carbocycles. The van der Waals surface area contributed by atoms with E-state index in [0.717, 1.165) is 5.56 Å². The van der Waals surface area contributed by atoms with Crippen LogP contribution in [0, 0.1) is 0 Å². The molecule has 0 spiro atoms. The van der Waals surface area contributed by atoms with Gasteiger partial charge in [-0.1, -0.05) is 6.07 Å². The number of ether oxygens (including phenoxy) is 1. The van der Waals surface area contributed by atoms with Crippen LogP contribution in [0.15, 0.2) is 22.7 Å². The number of aliphatic hydroxyl groups excluding tert-OH is 1. The van der Waals surface area contributed by atoms with E-state index in [9.17, 15) is 13.5 Å². The molecule has 100 valence electrons. The van der Waals surface area contributed by atoms with Crippen LogP contribution in [-0.2, 0) is 16.4 Å². The zero-order valence-corrected chi connectivity index (χ0v) is 11.9. The molecule has 2 atom stereocenters. The smallest absolute Gasteiger partial charge is 0.156 e. The van der Waals surface area contributed by atoms with E-state index < -0.39 is 22.0 Å². The summed E-state index contributed by atoms with van der Waals surface area (Å²) in [6.07, 6.45) is -1.69. The van der Waals surface area contributed by atoms with Crippen molar-refractivity contribution >= 4 is 25.8 Å². The lowest BCUT2D eigenvalue weighted by Crippen LogP contribution is -2.29. The Morgan fingerprint density at radius 3 is 2.67 bits per heavy atom. The third-order valence-electron chi connectivity index (χ3n) is 2.78. The van der Waals surface area contributed by atoms with E-state index in [2.05, 4.69) is 15.9 Å². The largest absolute Gasteiger partial charge is 0.485 e. The molecule has 1 aromatic carbocycles. The van der Waals surface area contributed by atoms with Gasteiger partial charge in [-0.3, -0.25) is 0 Å². The first-order chi connectivity index (χ1) is 8.41. The molecule has 2 rings (SSSR count). The Labute approximate surface area is 114 Å². The molecule has 0 bridgehead atoms. The number of rotatable bonds is 3. The highest BCUT2D eigenvalue weighted by Crippen LogP contribution is 2.29. The zero-order valence-electron chi connectivity index (χ0n) is 9.54. The van der Waals surface area contributed by atoms with Gasteiger partial charge in [0.2, 0.25) is 0 Å². The van der Waals surface area contributed by atoms with Crippen LogP contribution in [0.1, 0.15) is 5.56 Å². The summed E-state index contributed by atoms with van der Waals surface area (Å²) < 4.78 is 29.0. The molecule has 7 heteroatoms. The highest BCUT2D eigenvalue weighted by molar-refractivity contribution is 9.10. The summed E-state index contributed by atoms with van der Waals surface area (Å²) in [7, 11) is -3.20. The summed E-state index contributed by atoms with van der Waals surface area (Å²) in [5, 5.41) is 9.64. The average Bonchev–Trinajstić information content (AvgIpc) is 2.54. The average molecular weight is 336 g/mol. The van der Waals surface area contributed by atoms with Gasteiger partial charge in [0.1, 0.15) is 18.0 Å². The molecule has 1 aliphatic heterocycles. The Morgan fingerprint density at radius 2 is 2.17 bits per heavy atom. The molecule has 0 amide bonds. The van der Waals surface area contributed by atoms with Crippen molar-refractivity contribution in [3.8, 4) is 5.75 Å². The molecule has 1 saturated heterocycles. The minimum Gasteiger partial charge on any atom is -0.485 e. The fourth-order valence-electron chi connectivity index (χ4n) is 1.84. The second-order valence-corrected chi connectivity index (χ2v) is 7.28. The number of aliphatic hydroxyl groups is 1. The normalized spacial score (nSPS) is 26.2. The third kappa shape index (κ3) is 3.03. The molecular weight excluding hydrogens is 322 g/mol. The Bertz CT molecular complexity index is 546. The van der Waals surface area contributed by atoms with E-state index in [1.807, 2.05) is 6.07 Å². The van der Waals surface area contributed by atoms with Crippen molar-refractivity contribution in [3.63, 3.8) is 0 Å². The lowest BCUT2D eigenvalue weighted by molar-refractivity contribution is 0.0733. The predicted octanol–water partition coefficient (Wildman–Crippen LogP) is 0.444. The minimum absolute atomic E-state index is 0.154. The maximum atomic E-state index is 11.4. The summed E-state index contributed by atoms with van der Waals surface area (Å²) in [5.74, 6) is 0.114. The summed E-state index contributed by atoms with van der Waals surface area (Å²) in [6, 6.07) is 5.32. The Hall–Kier alpha value is -0.630. The molecule has 5 nitrogen and oxygen atoms in total. The van der Waals surface area contributed by atoms with Crippen molar-refractivity contribution in [3.05, 3.63) is 28.2 Å². The van der Waals surface area contributed by atoms with Crippen molar-refractivity contribution in [2.24, 2.45) is 5.73 Å². The quantitative estimate of drug-likeness (QED) is 0.836. The standard InChI is InChI=1S/C11H14BrNO4S/c12-8-3-7(4-13)1-2-10(8)17-11-6-18(15,16)5-9(11)14/h1-3,9,11,14H,4-6,13H2. The molecule has 0 aromatic heterocycles. The maximum absolute atomic E-state index is 11.4. The van der Waals surface area contributed by atoms with Gasteiger partial charge in [0.05, 0.1) is 16.0 Å². The molecule has 1 fully saturated rings. The van der Waals surface area contributed by atoms with Crippen molar-refractivity contribution in [2.45, 2.75) is 18.8 Å². The molecule has 0 aliphatic carbocycles. The fourth-order valence-corrected chi connectivity index (χ4v) is 4.02. The van der Waals surface area contributed by atoms with Crippen LogP contribution >= 0.6 is 15.9 Å². The first kappa shape index (κ1) is 13.8. The molecule has 3 N–H and O–H groups in total. The number of hydrogen-bond donors (Lipinski definition) is 2. The van der Waals surface area contributed by atoms with Gasteiger partial charge in [0.25, 0.3) is 0 Å². The van der Waals surface area contributed by atoms with Crippen LogP contribution in [0.25, 0.3) is 0 Å². The van der Waals surface area contributed by atoms with Crippen molar-refractivity contribution in [2.75, 3.05) is 11.5 Å². The van der Waals surface area contributed by atoms with Gasteiger partial charge in [-0.15, -0.1) is 0 Å². The summed E-state index contributed by atoms with van der Waals surface area (Å²) in [6.45, 7) is 0.416. The number of hydrogen-bond acceptors (Lipinski definition) is 5. The van der Waals surface area contributed by atoms with Crippen molar-refractivity contribution in [1.82, 2.24) is 0 Å². The number of benzene rings is 1. The first-order valence-electron chi connectivity index (χ1n) is 5.45. The van der Waals surface area contributed by atoms with E-state index in [1.165, 1.54) is 0 Å². The van der Waals surface area contributed by atoms with Gasteiger partial charge >= 0.3 is 0 Å². The lowest BCUT2D eigenvalue weighted by Gasteiger charge is -2.17. The van der Waals surface area contributed by atoms with Gasteiger partial charge in [0.15, 0.2) is 9.84 Å². The van der Waals surface area contributed by atoms with Crippen molar-refractivity contribution < 1.29 is 18.3 Å². The van der Waals surface area contributed by atoms with Crippen LogP contribution in [0.4, 0.5) is 0 Å². The second kappa shape index (κ2) is 5.16. The third-order valence-corrected chi connectivity index (χ3v) is 5.09. The molecule has 1 aromatic rings. The van der Waals surface area contributed by atoms with Gasteiger partial charge in [-0.05, 0) is 33.6 Å². The fraction of sp³-hybridized carbons (Fsp3) is 0.455. The van der Waals surface area contributed by atoms with Crippen LogP contribution < -0.4 is 10.5 Å². The predicted molar refractivity (Wildman–Crippen MR) is 71.1 cm³/mol. The number of nitrogens with two attached hydrogens (primary N) is 1. The van der Waals surface area contributed by atoms with E-state index in [1.54, 1.807) is 12.1 Å². The maximum Gasteiger partial charge on any atom is 0.156 e. The monoisotopic (exact) mass is 335 g/mol. The Morgan fingerprint density at radius 1 is 1.44 bits per heavy atom.